The molecule has 0 aromatic heterocycles. The lowest BCUT2D eigenvalue weighted by Gasteiger charge is -2.21. The third kappa shape index (κ3) is 66.0. The van der Waals surface area contributed by atoms with Crippen molar-refractivity contribution in [1.29, 1.82) is 0 Å². The summed E-state index contributed by atoms with van der Waals surface area (Å²) in [4.78, 5) is 72.6. The first-order valence-electron chi connectivity index (χ1n) is 39.1. The van der Waals surface area contributed by atoms with Crippen molar-refractivity contribution in [2.24, 2.45) is 11.8 Å². The summed E-state index contributed by atoms with van der Waals surface area (Å²) in [5.41, 5.74) is 0. The zero-order valence-corrected chi connectivity index (χ0v) is 63.1. The second-order valence-electron chi connectivity index (χ2n) is 27.5. The highest BCUT2D eigenvalue weighted by atomic mass is 31.2. The maximum Gasteiger partial charge on any atom is 0.472 e. The number of carbonyl (C=O) groups is 4. The summed E-state index contributed by atoms with van der Waals surface area (Å²) in [7, 11) is -9.90. The number of phosphoric ester groups is 2. The Morgan fingerprint density at radius 3 is 0.755 bits per heavy atom. The maximum absolute atomic E-state index is 13.1. The van der Waals surface area contributed by atoms with Crippen LogP contribution in [0.1, 0.15) is 388 Å². The van der Waals surface area contributed by atoms with Crippen LogP contribution in [-0.4, -0.2) is 96.7 Å². The van der Waals surface area contributed by atoms with Gasteiger partial charge >= 0.3 is 39.5 Å². The molecule has 0 aliphatic rings. The van der Waals surface area contributed by atoms with Crippen LogP contribution in [-0.2, 0) is 65.4 Å². The highest BCUT2D eigenvalue weighted by molar-refractivity contribution is 7.47. The van der Waals surface area contributed by atoms with Gasteiger partial charge in [0.2, 0.25) is 0 Å². The minimum atomic E-state index is -4.96. The van der Waals surface area contributed by atoms with E-state index in [1.54, 1.807) is 0 Å². The molecule has 0 aliphatic heterocycles. The van der Waals surface area contributed by atoms with E-state index < -0.39 is 97.5 Å². The number of ether oxygens (including phenoxy) is 4. The van der Waals surface area contributed by atoms with Crippen LogP contribution in [0, 0.1) is 11.8 Å². The molecule has 4 unspecified atom stereocenters. The summed E-state index contributed by atoms with van der Waals surface area (Å²) >= 11 is 0. The first-order valence-corrected chi connectivity index (χ1v) is 42.1. The molecule has 0 saturated carbocycles. The number of unbranched alkanes of at least 4 members (excludes halogenated alkanes) is 42. The molecule has 19 heteroatoms. The monoisotopic (exact) mass is 1380 g/mol. The second-order valence-corrected chi connectivity index (χ2v) is 30.4. The number of phosphoric acid groups is 2. The fourth-order valence-electron chi connectivity index (χ4n) is 11.4. The maximum atomic E-state index is 13.1. The minimum Gasteiger partial charge on any atom is -0.462 e. The Kier molecular flexibility index (Phi) is 65.5. The number of hydrogen-bond acceptors (Lipinski definition) is 15. The van der Waals surface area contributed by atoms with Gasteiger partial charge in [-0.15, -0.1) is 0 Å². The molecule has 0 saturated heterocycles. The van der Waals surface area contributed by atoms with Crippen LogP contribution in [0.15, 0.2) is 0 Å². The van der Waals surface area contributed by atoms with E-state index in [1.165, 1.54) is 205 Å². The fraction of sp³-hybridized carbons (Fsp3) is 0.947. The lowest BCUT2D eigenvalue weighted by Crippen LogP contribution is -2.30. The normalized spacial score (nSPS) is 14.6. The molecule has 0 rings (SSSR count). The van der Waals surface area contributed by atoms with Crippen LogP contribution in [0.2, 0.25) is 0 Å². The van der Waals surface area contributed by atoms with Crippen molar-refractivity contribution in [3.8, 4) is 0 Å². The van der Waals surface area contributed by atoms with Crippen LogP contribution in [0.25, 0.3) is 0 Å². The smallest absolute Gasteiger partial charge is 0.462 e. The lowest BCUT2D eigenvalue weighted by molar-refractivity contribution is -0.161. The van der Waals surface area contributed by atoms with Gasteiger partial charge in [0, 0.05) is 25.7 Å². The average molecular weight is 1380 g/mol. The number of aliphatic hydroxyl groups is 1. The van der Waals surface area contributed by atoms with Crippen molar-refractivity contribution in [2.75, 3.05) is 39.6 Å². The average Bonchev–Trinajstić information content (AvgIpc) is 1.57. The molecule has 0 aliphatic carbocycles. The zero-order chi connectivity index (χ0) is 69.3. The molecule has 0 spiro atoms. The van der Waals surface area contributed by atoms with Gasteiger partial charge in [-0.1, -0.05) is 337 Å². The number of carbonyl (C=O) groups excluding carboxylic acids is 4. The van der Waals surface area contributed by atoms with E-state index in [4.69, 9.17) is 37.0 Å². The minimum absolute atomic E-state index is 0.107. The van der Waals surface area contributed by atoms with E-state index >= 15 is 0 Å². The molecule has 0 aromatic carbocycles. The van der Waals surface area contributed by atoms with Crippen LogP contribution in [0.4, 0.5) is 0 Å². The molecular weight excluding hydrogens is 1230 g/mol. The predicted molar refractivity (Wildman–Crippen MR) is 381 cm³/mol. The quantitative estimate of drug-likeness (QED) is 0.0222. The molecule has 0 amide bonds. The van der Waals surface area contributed by atoms with Gasteiger partial charge in [-0.2, -0.15) is 0 Å². The number of esters is 4. The van der Waals surface area contributed by atoms with Gasteiger partial charge in [0.15, 0.2) is 12.2 Å². The molecule has 0 fully saturated rings. The molecule has 17 nitrogen and oxygen atoms in total. The Morgan fingerprint density at radius 2 is 0.511 bits per heavy atom. The Labute approximate surface area is 575 Å². The Balaban J connectivity index is 5.16. The summed E-state index contributed by atoms with van der Waals surface area (Å²) in [5, 5.41) is 10.6. The largest absolute Gasteiger partial charge is 0.472 e. The molecule has 3 N–H and O–H groups in total. The molecule has 0 bridgehead atoms. The van der Waals surface area contributed by atoms with E-state index in [0.29, 0.717) is 25.7 Å². The van der Waals surface area contributed by atoms with Crippen molar-refractivity contribution in [3.05, 3.63) is 0 Å². The van der Waals surface area contributed by atoms with E-state index in [0.717, 1.165) is 102 Å². The SMILES string of the molecule is CCCCCCCCCCCCC(=O)OC[C@H](COP(=O)(O)OC[C@H](O)COP(=O)(O)OC[C@@H](COC(=O)CCCCCCCCCCC(C)CC)OC(=O)CCCCCCCCCCCCCCCCCCCCC(C)CC)OC(=O)CCCCCCCCCCCC. The lowest BCUT2D eigenvalue weighted by atomic mass is 9.99. The van der Waals surface area contributed by atoms with Crippen molar-refractivity contribution in [1.82, 2.24) is 0 Å². The number of rotatable bonds is 74. The van der Waals surface area contributed by atoms with Gasteiger partial charge < -0.3 is 33.8 Å². The molecule has 558 valence electrons. The van der Waals surface area contributed by atoms with Crippen molar-refractivity contribution in [3.63, 3.8) is 0 Å². The van der Waals surface area contributed by atoms with E-state index in [1.807, 2.05) is 0 Å². The van der Waals surface area contributed by atoms with Crippen LogP contribution >= 0.6 is 15.6 Å². The van der Waals surface area contributed by atoms with Crippen molar-refractivity contribution >= 4 is 39.5 Å². The Hall–Kier alpha value is -1.94. The fourth-order valence-corrected chi connectivity index (χ4v) is 13.0. The summed E-state index contributed by atoms with van der Waals surface area (Å²) in [5.74, 6) is -0.470. The van der Waals surface area contributed by atoms with Gasteiger partial charge in [0.25, 0.3) is 0 Å². The highest BCUT2D eigenvalue weighted by Crippen LogP contribution is 2.45. The molecule has 0 radical (unpaired) electrons. The zero-order valence-electron chi connectivity index (χ0n) is 61.3. The van der Waals surface area contributed by atoms with Crippen LogP contribution in [0.3, 0.4) is 0 Å². The Bertz CT molecular complexity index is 1820. The highest BCUT2D eigenvalue weighted by Gasteiger charge is 2.30. The molecule has 0 heterocycles. The molecule has 0 aromatic rings. The van der Waals surface area contributed by atoms with Gasteiger partial charge in [-0.3, -0.25) is 37.3 Å². The summed E-state index contributed by atoms with van der Waals surface area (Å²) in [6.45, 7) is 9.64. The number of hydrogen-bond donors (Lipinski definition) is 3. The third-order valence-corrected chi connectivity index (χ3v) is 20.1. The summed E-state index contributed by atoms with van der Waals surface area (Å²) in [6, 6.07) is 0. The van der Waals surface area contributed by atoms with Crippen molar-refractivity contribution in [2.45, 2.75) is 407 Å². The molecule has 94 heavy (non-hydrogen) atoms. The van der Waals surface area contributed by atoms with Gasteiger partial charge in [0.05, 0.1) is 26.4 Å². The van der Waals surface area contributed by atoms with E-state index in [-0.39, 0.29) is 25.7 Å². The predicted octanol–water partition coefficient (Wildman–Crippen LogP) is 21.9. The number of aliphatic hydroxyl groups excluding tert-OH is 1. The van der Waals surface area contributed by atoms with Gasteiger partial charge in [0.1, 0.15) is 19.3 Å². The van der Waals surface area contributed by atoms with Crippen LogP contribution in [0.5, 0.6) is 0 Å². The van der Waals surface area contributed by atoms with Gasteiger partial charge in [-0.05, 0) is 37.5 Å². The van der Waals surface area contributed by atoms with Crippen molar-refractivity contribution < 1.29 is 80.2 Å². The molecular formula is C75H146O17P2. The first-order chi connectivity index (χ1) is 45.4. The van der Waals surface area contributed by atoms with Crippen LogP contribution < -0.4 is 0 Å². The Morgan fingerprint density at radius 1 is 0.298 bits per heavy atom. The summed E-state index contributed by atoms with van der Waals surface area (Å²) in [6.07, 6.45) is 54.1. The van der Waals surface area contributed by atoms with E-state index in [2.05, 4.69) is 41.5 Å². The topological polar surface area (TPSA) is 237 Å². The molecule has 7 atom stereocenters. The van der Waals surface area contributed by atoms with E-state index in [9.17, 15) is 43.2 Å². The van der Waals surface area contributed by atoms with Gasteiger partial charge in [-0.25, -0.2) is 9.13 Å². The third-order valence-electron chi connectivity index (χ3n) is 18.2. The second kappa shape index (κ2) is 66.9. The standard InChI is InChI=1S/C75H146O17P2/c1-7-11-13-15-17-19-32-39-45-51-57-72(77)85-63-70(91-74(79)59-53-47-41-33-20-18-16-14-12-8-2)65-89-93(81,82)87-61-69(76)62-88-94(83,84)90-66-71(64-86-73(78)58-52-46-40-36-35-38-44-50-56-68(6)10-4)92-75(80)60-54-48-42-34-30-28-26-24-22-21-23-25-27-29-31-37-43-49-55-67(5)9-3/h67-71,76H,7-66H2,1-6H3,(H,81,82)(H,83,84)/t67?,68?,69-,70+,71+/m0/s1. The first kappa shape index (κ1) is 92.1. The summed E-state index contributed by atoms with van der Waals surface area (Å²) < 4.78 is 68.4.